The fraction of sp³-hybridized carbons (Fsp3) is 0.0526. The predicted octanol–water partition coefficient (Wildman–Crippen LogP) is 4.31. The van der Waals surface area contributed by atoms with E-state index >= 15 is 0 Å². The first-order valence-electron chi connectivity index (χ1n) is 7.72. The molecule has 2 aromatic carbocycles. The minimum absolute atomic E-state index is 0.321. The van der Waals surface area contributed by atoms with Crippen molar-refractivity contribution in [2.24, 2.45) is 0 Å². The van der Waals surface area contributed by atoms with Crippen LogP contribution in [0.15, 0.2) is 54.9 Å². The summed E-state index contributed by atoms with van der Waals surface area (Å²) in [5.41, 5.74) is 3.17. The Hall–Kier alpha value is -3.43. The highest BCUT2D eigenvalue weighted by molar-refractivity contribution is 6.31. The molecule has 0 aliphatic carbocycles. The molecule has 0 fully saturated rings. The van der Waals surface area contributed by atoms with E-state index in [0.29, 0.717) is 27.8 Å². The number of amides is 1. The molecule has 0 unspecified atom stereocenters. The first-order chi connectivity index (χ1) is 12.5. The molecule has 128 valence electrons. The van der Waals surface area contributed by atoms with Crippen LogP contribution in [0.5, 0.6) is 0 Å². The molecular weight excluding hydrogens is 350 g/mol. The van der Waals surface area contributed by atoms with E-state index < -0.39 is 0 Å². The van der Waals surface area contributed by atoms with Gasteiger partial charge in [0, 0.05) is 28.8 Å². The zero-order valence-corrected chi connectivity index (χ0v) is 14.6. The van der Waals surface area contributed by atoms with Gasteiger partial charge in [-0.25, -0.2) is 9.97 Å². The summed E-state index contributed by atoms with van der Waals surface area (Å²) >= 11 is 6.09. The van der Waals surface area contributed by atoms with Crippen molar-refractivity contribution in [1.29, 1.82) is 5.26 Å². The summed E-state index contributed by atoms with van der Waals surface area (Å²) in [6, 6.07) is 14.2. The van der Waals surface area contributed by atoms with Crippen molar-refractivity contribution in [1.82, 2.24) is 9.97 Å². The van der Waals surface area contributed by atoms with Crippen molar-refractivity contribution in [2.75, 3.05) is 10.6 Å². The maximum absolute atomic E-state index is 12.2. The van der Waals surface area contributed by atoms with E-state index in [2.05, 4.69) is 20.6 Å². The predicted molar refractivity (Wildman–Crippen MR) is 101 cm³/mol. The lowest BCUT2D eigenvalue weighted by Gasteiger charge is -2.08. The SMILES string of the molecule is Cc1ccc(Nc2ncc(C(=O)Nc3ccc(C#N)cc3)cn2)cc1Cl. The number of hydrogen-bond donors (Lipinski definition) is 2. The number of aromatic nitrogens is 2. The van der Waals surface area contributed by atoms with Crippen LogP contribution < -0.4 is 10.6 Å². The van der Waals surface area contributed by atoms with Gasteiger partial charge in [-0.3, -0.25) is 4.79 Å². The molecule has 3 rings (SSSR count). The van der Waals surface area contributed by atoms with Crippen LogP contribution in [-0.2, 0) is 0 Å². The van der Waals surface area contributed by atoms with E-state index in [-0.39, 0.29) is 5.91 Å². The highest BCUT2D eigenvalue weighted by Gasteiger charge is 2.08. The van der Waals surface area contributed by atoms with Crippen LogP contribution in [-0.4, -0.2) is 15.9 Å². The van der Waals surface area contributed by atoms with E-state index in [9.17, 15) is 4.79 Å². The first kappa shape index (κ1) is 17.4. The maximum Gasteiger partial charge on any atom is 0.258 e. The number of aryl methyl sites for hydroxylation is 1. The summed E-state index contributed by atoms with van der Waals surface area (Å²) in [7, 11) is 0. The molecule has 1 aromatic heterocycles. The summed E-state index contributed by atoms with van der Waals surface area (Å²) in [5, 5.41) is 15.2. The van der Waals surface area contributed by atoms with E-state index in [1.807, 2.05) is 25.1 Å². The largest absolute Gasteiger partial charge is 0.324 e. The zero-order chi connectivity index (χ0) is 18.5. The molecule has 7 heteroatoms. The summed E-state index contributed by atoms with van der Waals surface area (Å²) < 4.78 is 0. The quantitative estimate of drug-likeness (QED) is 0.720. The number of halogens is 1. The van der Waals surface area contributed by atoms with Gasteiger partial charge in [-0.05, 0) is 48.9 Å². The van der Waals surface area contributed by atoms with Gasteiger partial charge in [0.1, 0.15) is 0 Å². The monoisotopic (exact) mass is 363 g/mol. The lowest BCUT2D eigenvalue weighted by Crippen LogP contribution is -2.13. The van der Waals surface area contributed by atoms with E-state index in [1.54, 1.807) is 30.3 Å². The number of benzene rings is 2. The minimum Gasteiger partial charge on any atom is -0.324 e. The van der Waals surface area contributed by atoms with Gasteiger partial charge >= 0.3 is 0 Å². The lowest BCUT2D eigenvalue weighted by molar-refractivity contribution is 0.102. The Labute approximate surface area is 155 Å². The molecule has 3 aromatic rings. The molecule has 0 atom stereocenters. The van der Waals surface area contributed by atoms with Crippen LogP contribution in [0.4, 0.5) is 17.3 Å². The van der Waals surface area contributed by atoms with Gasteiger partial charge in [-0.2, -0.15) is 5.26 Å². The highest BCUT2D eigenvalue weighted by atomic mass is 35.5. The van der Waals surface area contributed by atoms with Crippen LogP contribution in [0, 0.1) is 18.3 Å². The Morgan fingerprint density at radius 1 is 1.08 bits per heavy atom. The van der Waals surface area contributed by atoms with E-state index in [1.165, 1.54) is 12.4 Å². The van der Waals surface area contributed by atoms with Crippen LogP contribution in [0.1, 0.15) is 21.5 Å². The summed E-state index contributed by atoms with van der Waals surface area (Å²) in [5.74, 6) is 0.0273. The summed E-state index contributed by atoms with van der Waals surface area (Å²) in [4.78, 5) is 20.5. The minimum atomic E-state index is -0.334. The number of carbonyl (C=O) groups excluding carboxylic acids is 1. The number of nitriles is 1. The number of anilines is 3. The number of nitrogens with zero attached hydrogens (tertiary/aromatic N) is 3. The normalized spacial score (nSPS) is 10.0. The molecular formula is C19H14ClN5O. The third-order valence-electron chi connectivity index (χ3n) is 3.61. The summed E-state index contributed by atoms with van der Waals surface area (Å²) in [6.45, 7) is 1.92. The van der Waals surface area contributed by atoms with Crippen molar-refractivity contribution in [3.05, 3.63) is 76.6 Å². The fourth-order valence-corrected chi connectivity index (χ4v) is 2.32. The number of hydrogen-bond acceptors (Lipinski definition) is 5. The fourth-order valence-electron chi connectivity index (χ4n) is 2.14. The maximum atomic E-state index is 12.2. The van der Waals surface area contributed by atoms with Crippen molar-refractivity contribution in [2.45, 2.75) is 6.92 Å². The molecule has 0 aliphatic rings. The molecule has 26 heavy (non-hydrogen) atoms. The summed E-state index contributed by atoms with van der Waals surface area (Å²) in [6.07, 6.45) is 2.87. The van der Waals surface area contributed by atoms with Gasteiger partial charge in [0.2, 0.25) is 5.95 Å². The molecule has 0 aliphatic heterocycles. The average Bonchev–Trinajstić information content (AvgIpc) is 2.66. The van der Waals surface area contributed by atoms with E-state index in [0.717, 1.165) is 11.3 Å². The molecule has 0 saturated carbocycles. The van der Waals surface area contributed by atoms with Gasteiger partial charge in [0.15, 0.2) is 0 Å². The number of nitrogens with one attached hydrogen (secondary N) is 2. The molecule has 0 radical (unpaired) electrons. The Bertz CT molecular complexity index is 978. The third-order valence-corrected chi connectivity index (χ3v) is 4.02. The smallest absolute Gasteiger partial charge is 0.258 e. The molecule has 2 N–H and O–H groups in total. The Kier molecular flexibility index (Phi) is 5.11. The van der Waals surface area contributed by atoms with Crippen molar-refractivity contribution in [3.63, 3.8) is 0 Å². The Morgan fingerprint density at radius 2 is 1.73 bits per heavy atom. The molecule has 0 bridgehead atoms. The van der Waals surface area contributed by atoms with Crippen LogP contribution in [0.2, 0.25) is 5.02 Å². The first-order valence-corrected chi connectivity index (χ1v) is 8.10. The molecule has 1 heterocycles. The number of carbonyl (C=O) groups is 1. The second-order valence-electron chi connectivity index (χ2n) is 5.53. The molecule has 1 amide bonds. The second-order valence-corrected chi connectivity index (χ2v) is 5.93. The molecule has 0 saturated heterocycles. The van der Waals surface area contributed by atoms with Crippen LogP contribution in [0.3, 0.4) is 0 Å². The zero-order valence-electron chi connectivity index (χ0n) is 13.8. The number of rotatable bonds is 4. The third kappa shape index (κ3) is 4.15. The van der Waals surface area contributed by atoms with Gasteiger partial charge in [-0.15, -0.1) is 0 Å². The molecule has 6 nitrogen and oxygen atoms in total. The van der Waals surface area contributed by atoms with Crippen molar-refractivity contribution < 1.29 is 4.79 Å². The average molecular weight is 364 g/mol. The van der Waals surface area contributed by atoms with Gasteiger partial charge in [-0.1, -0.05) is 17.7 Å². The van der Waals surface area contributed by atoms with Gasteiger partial charge in [0.05, 0.1) is 17.2 Å². The highest BCUT2D eigenvalue weighted by Crippen LogP contribution is 2.21. The van der Waals surface area contributed by atoms with Crippen LogP contribution >= 0.6 is 11.6 Å². The Balaban J connectivity index is 1.67. The Morgan fingerprint density at radius 3 is 2.35 bits per heavy atom. The van der Waals surface area contributed by atoms with Crippen molar-refractivity contribution >= 4 is 34.8 Å². The van der Waals surface area contributed by atoms with Crippen molar-refractivity contribution in [3.8, 4) is 6.07 Å². The van der Waals surface area contributed by atoms with Crippen LogP contribution in [0.25, 0.3) is 0 Å². The second kappa shape index (κ2) is 7.64. The molecule has 0 spiro atoms. The standard InChI is InChI=1S/C19H14ClN5O/c1-12-2-5-16(8-17(12)20)25-19-22-10-14(11-23-19)18(26)24-15-6-3-13(9-21)4-7-15/h2-8,10-11H,1H3,(H,24,26)(H,22,23,25). The topological polar surface area (TPSA) is 90.7 Å². The van der Waals surface area contributed by atoms with E-state index in [4.69, 9.17) is 16.9 Å². The van der Waals surface area contributed by atoms with Gasteiger partial charge < -0.3 is 10.6 Å². The van der Waals surface area contributed by atoms with Gasteiger partial charge in [0.25, 0.3) is 5.91 Å². The lowest BCUT2D eigenvalue weighted by atomic mass is 10.2.